The molecule has 0 aliphatic rings. The van der Waals surface area contributed by atoms with Crippen molar-refractivity contribution in [3.05, 3.63) is 63.7 Å². The average molecular weight is 357 g/mol. The molecule has 2 N–H and O–H groups in total. The standard InChI is InChI=1S/C18H19N3O5/c1-12(2)14-4-3-5-15(9-14)26-11-18(23)20-19-10-13-6-7-17(22)16(8-13)21(24)25/h3-10,12,22H,11H2,1-2H3,(H,20,23)/b19-10+. The normalized spacial score (nSPS) is 10.9. The Labute approximate surface area is 150 Å². The van der Waals surface area contributed by atoms with Crippen molar-refractivity contribution in [2.45, 2.75) is 19.8 Å². The molecule has 1 amide bonds. The number of nitrogens with zero attached hydrogens (tertiary/aromatic N) is 2. The molecule has 0 unspecified atom stereocenters. The number of phenolic OH excluding ortho intramolecular Hbond substituents is 1. The van der Waals surface area contributed by atoms with Crippen LogP contribution in [0.25, 0.3) is 0 Å². The summed E-state index contributed by atoms with van der Waals surface area (Å²) in [5, 5.41) is 23.9. The SMILES string of the molecule is CC(C)c1cccc(OCC(=O)N/N=C/c2ccc(O)c([N+](=O)[O-])c2)c1. The first-order valence-corrected chi connectivity index (χ1v) is 7.89. The van der Waals surface area contributed by atoms with Gasteiger partial charge in [-0.1, -0.05) is 26.0 Å². The van der Waals surface area contributed by atoms with Crippen LogP contribution in [-0.4, -0.2) is 28.8 Å². The third-order valence-corrected chi connectivity index (χ3v) is 3.49. The number of nitrogens with one attached hydrogen (secondary N) is 1. The van der Waals surface area contributed by atoms with Gasteiger partial charge in [0.15, 0.2) is 12.4 Å². The van der Waals surface area contributed by atoms with Crippen LogP contribution in [-0.2, 0) is 4.79 Å². The van der Waals surface area contributed by atoms with Crippen molar-refractivity contribution >= 4 is 17.8 Å². The van der Waals surface area contributed by atoms with E-state index in [2.05, 4.69) is 24.4 Å². The van der Waals surface area contributed by atoms with Crippen molar-refractivity contribution in [2.75, 3.05) is 6.61 Å². The van der Waals surface area contributed by atoms with E-state index in [1.165, 1.54) is 18.3 Å². The third-order valence-electron chi connectivity index (χ3n) is 3.49. The largest absolute Gasteiger partial charge is 0.502 e. The smallest absolute Gasteiger partial charge is 0.311 e. The van der Waals surface area contributed by atoms with Crippen LogP contribution in [0.5, 0.6) is 11.5 Å². The van der Waals surface area contributed by atoms with Crippen LogP contribution in [0.15, 0.2) is 47.6 Å². The van der Waals surface area contributed by atoms with Crippen LogP contribution < -0.4 is 10.2 Å². The summed E-state index contributed by atoms with van der Waals surface area (Å²) in [6.07, 6.45) is 1.24. The van der Waals surface area contributed by atoms with Gasteiger partial charge in [-0.2, -0.15) is 5.10 Å². The summed E-state index contributed by atoms with van der Waals surface area (Å²) in [5.41, 5.74) is 3.31. The van der Waals surface area contributed by atoms with Crippen molar-refractivity contribution in [3.8, 4) is 11.5 Å². The highest BCUT2D eigenvalue weighted by molar-refractivity contribution is 5.84. The Morgan fingerprint density at radius 2 is 2.12 bits per heavy atom. The van der Waals surface area contributed by atoms with Gasteiger partial charge in [-0.3, -0.25) is 14.9 Å². The zero-order chi connectivity index (χ0) is 19.1. The van der Waals surface area contributed by atoms with Crippen LogP contribution in [0.2, 0.25) is 0 Å². The molecule has 8 nitrogen and oxygen atoms in total. The number of hydrogen-bond donors (Lipinski definition) is 2. The number of carbonyl (C=O) groups excluding carboxylic acids is 1. The predicted octanol–water partition coefficient (Wildman–Crippen LogP) is 2.95. The van der Waals surface area contributed by atoms with E-state index in [0.717, 1.165) is 11.6 Å². The second kappa shape index (κ2) is 8.61. The second-order valence-corrected chi connectivity index (χ2v) is 5.81. The highest BCUT2D eigenvalue weighted by Gasteiger charge is 2.12. The molecule has 0 atom stereocenters. The van der Waals surface area contributed by atoms with Crippen LogP contribution >= 0.6 is 0 Å². The molecule has 0 bridgehead atoms. The molecule has 0 saturated carbocycles. The Hall–Kier alpha value is -3.42. The molecule has 0 spiro atoms. The van der Waals surface area contributed by atoms with E-state index in [9.17, 15) is 20.0 Å². The van der Waals surface area contributed by atoms with Crippen LogP contribution in [0, 0.1) is 10.1 Å². The van der Waals surface area contributed by atoms with Gasteiger partial charge in [0.25, 0.3) is 5.91 Å². The first-order valence-electron chi connectivity index (χ1n) is 7.89. The lowest BCUT2D eigenvalue weighted by molar-refractivity contribution is -0.385. The van der Waals surface area contributed by atoms with Gasteiger partial charge in [0, 0.05) is 11.6 Å². The van der Waals surface area contributed by atoms with E-state index >= 15 is 0 Å². The minimum Gasteiger partial charge on any atom is -0.502 e. The first kappa shape index (κ1) is 18.9. The fraction of sp³-hybridized carbons (Fsp3) is 0.222. The van der Waals surface area contributed by atoms with Crippen molar-refractivity contribution in [1.82, 2.24) is 5.43 Å². The molecule has 2 aromatic rings. The zero-order valence-corrected chi connectivity index (χ0v) is 14.4. The summed E-state index contributed by atoms with van der Waals surface area (Å²) in [4.78, 5) is 21.8. The van der Waals surface area contributed by atoms with E-state index in [4.69, 9.17) is 4.74 Å². The van der Waals surface area contributed by atoms with Crippen molar-refractivity contribution < 1.29 is 19.6 Å². The molecule has 2 rings (SSSR count). The van der Waals surface area contributed by atoms with E-state index in [1.54, 1.807) is 6.07 Å². The highest BCUT2D eigenvalue weighted by Crippen LogP contribution is 2.25. The fourth-order valence-corrected chi connectivity index (χ4v) is 2.09. The number of amides is 1. The summed E-state index contributed by atoms with van der Waals surface area (Å²) in [7, 11) is 0. The molecule has 0 aliphatic carbocycles. The highest BCUT2D eigenvalue weighted by atomic mass is 16.6. The van der Waals surface area contributed by atoms with Gasteiger partial charge in [0.1, 0.15) is 5.75 Å². The minimum atomic E-state index is -0.704. The van der Waals surface area contributed by atoms with E-state index in [1.807, 2.05) is 18.2 Å². The number of aromatic hydroxyl groups is 1. The lowest BCUT2D eigenvalue weighted by atomic mass is 10.0. The molecular formula is C18H19N3O5. The summed E-state index contributed by atoms with van der Waals surface area (Å²) in [6.45, 7) is 3.91. The Balaban J connectivity index is 1.89. The number of nitro benzene ring substituents is 1. The molecule has 26 heavy (non-hydrogen) atoms. The number of ether oxygens (including phenoxy) is 1. The summed E-state index contributed by atoms with van der Waals surface area (Å²) in [5.74, 6) is 0.0357. The lowest BCUT2D eigenvalue weighted by Gasteiger charge is -2.09. The number of nitro groups is 1. The van der Waals surface area contributed by atoms with Crippen molar-refractivity contribution in [3.63, 3.8) is 0 Å². The predicted molar refractivity (Wildman–Crippen MR) is 96.5 cm³/mol. The monoisotopic (exact) mass is 357 g/mol. The van der Waals surface area contributed by atoms with Crippen LogP contribution in [0.4, 0.5) is 5.69 Å². The molecule has 0 saturated heterocycles. The summed E-state index contributed by atoms with van der Waals surface area (Å²) in [6, 6.07) is 11.3. The molecular weight excluding hydrogens is 338 g/mol. The fourth-order valence-electron chi connectivity index (χ4n) is 2.09. The maximum Gasteiger partial charge on any atom is 0.311 e. The molecule has 0 fully saturated rings. The van der Waals surface area contributed by atoms with Crippen LogP contribution in [0.1, 0.15) is 30.9 Å². The minimum absolute atomic E-state index is 0.214. The van der Waals surface area contributed by atoms with Gasteiger partial charge in [0.05, 0.1) is 11.1 Å². The Bertz CT molecular complexity index is 833. The van der Waals surface area contributed by atoms with Crippen LogP contribution in [0.3, 0.4) is 0 Å². The molecule has 0 aliphatic heterocycles. The summed E-state index contributed by atoms with van der Waals surface area (Å²) < 4.78 is 5.42. The Kier molecular flexibility index (Phi) is 6.26. The molecule has 2 aromatic carbocycles. The molecule has 8 heteroatoms. The Morgan fingerprint density at radius 3 is 2.81 bits per heavy atom. The summed E-state index contributed by atoms with van der Waals surface area (Å²) >= 11 is 0. The quantitative estimate of drug-likeness (QED) is 0.449. The molecule has 0 heterocycles. The second-order valence-electron chi connectivity index (χ2n) is 5.81. The van der Waals surface area contributed by atoms with E-state index in [0.29, 0.717) is 17.2 Å². The molecule has 0 radical (unpaired) electrons. The third kappa shape index (κ3) is 5.30. The lowest BCUT2D eigenvalue weighted by Crippen LogP contribution is -2.24. The number of hydrogen-bond acceptors (Lipinski definition) is 6. The van der Waals surface area contributed by atoms with Gasteiger partial charge in [-0.25, -0.2) is 5.43 Å². The van der Waals surface area contributed by atoms with Crippen molar-refractivity contribution in [1.29, 1.82) is 0 Å². The van der Waals surface area contributed by atoms with E-state index < -0.39 is 22.3 Å². The first-order chi connectivity index (χ1) is 12.4. The average Bonchev–Trinajstić information content (AvgIpc) is 2.61. The molecule has 0 aromatic heterocycles. The molecule has 136 valence electrons. The van der Waals surface area contributed by atoms with Gasteiger partial charge >= 0.3 is 5.69 Å². The van der Waals surface area contributed by atoms with Crippen molar-refractivity contribution in [2.24, 2.45) is 5.10 Å². The maximum atomic E-state index is 11.8. The van der Waals surface area contributed by atoms with E-state index in [-0.39, 0.29) is 6.61 Å². The number of benzene rings is 2. The number of hydrazone groups is 1. The zero-order valence-electron chi connectivity index (χ0n) is 14.4. The maximum absolute atomic E-state index is 11.8. The van der Waals surface area contributed by atoms with Gasteiger partial charge < -0.3 is 9.84 Å². The van der Waals surface area contributed by atoms with Gasteiger partial charge in [-0.15, -0.1) is 0 Å². The van der Waals surface area contributed by atoms with Gasteiger partial charge in [-0.05, 0) is 35.7 Å². The van der Waals surface area contributed by atoms with Gasteiger partial charge in [0.2, 0.25) is 0 Å². The number of rotatable bonds is 7. The number of carbonyl (C=O) groups is 1. The number of phenols is 1. The topological polar surface area (TPSA) is 114 Å². The Morgan fingerprint density at radius 1 is 1.35 bits per heavy atom.